The molecule has 26 heavy (non-hydrogen) atoms. The average molecular weight is 482 g/mol. The minimum atomic E-state index is -0.525. The van der Waals surface area contributed by atoms with Gasteiger partial charge in [0, 0.05) is 34.6 Å². The van der Waals surface area contributed by atoms with Crippen LogP contribution < -0.4 is 4.74 Å². The third-order valence-corrected chi connectivity index (χ3v) is 7.85. The highest BCUT2D eigenvalue weighted by Gasteiger charge is 2.44. The largest absolute Gasteiger partial charge is 0.497 e. The van der Waals surface area contributed by atoms with E-state index < -0.39 is 6.10 Å². The first kappa shape index (κ1) is 18.4. The molecule has 0 aliphatic carbocycles. The number of pyridine rings is 1. The number of ether oxygens (including phenoxy) is 1. The lowest BCUT2D eigenvalue weighted by Gasteiger charge is -2.51. The Labute approximate surface area is 170 Å². The summed E-state index contributed by atoms with van der Waals surface area (Å²) in [5.74, 6) is 1.90. The lowest BCUT2D eigenvalue weighted by atomic mass is 9.73. The number of hydrogen-bond acceptors (Lipinski definition) is 4. The second kappa shape index (κ2) is 7.58. The van der Waals surface area contributed by atoms with E-state index in [0.29, 0.717) is 11.8 Å². The lowest BCUT2D eigenvalue weighted by molar-refractivity contribution is -0.0451. The van der Waals surface area contributed by atoms with E-state index in [2.05, 4.69) is 41.7 Å². The molecule has 4 nitrogen and oxygen atoms in total. The fraction of sp³-hybridized carbons (Fsp3) is 0.450. The molecule has 3 aliphatic heterocycles. The van der Waals surface area contributed by atoms with Crippen molar-refractivity contribution >= 4 is 42.8 Å². The first-order chi connectivity index (χ1) is 12.6. The molecule has 3 aliphatic rings. The van der Waals surface area contributed by atoms with Gasteiger partial charge in [-0.25, -0.2) is 0 Å². The van der Waals surface area contributed by atoms with E-state index in [0.717, 1.165) is 41.7 Å². The summed E-state index contributed by atoms with van der Waals surface area (Å²) in [6, 6.07) is 7.93. The van der Waals surface area contributed by atoms with E-state index in [-0.39, 0.29) is 6.04 Å². The number of halogens is 2. The van der Waals surface area contributed by atoms with Gasteiger partial charge < -0.3 is 9.84 Å². The van der Waals surface area contributed by atoms with E-state index >= 15 is 0 Å². The molecule has 5 rings (SSSR count). The van der Waals surface area contributed by atoms with E-state index in [1.807, 2.05) is 29.3 Å². The van der Waals surface area contributed by atoms with Gasteiger partial charge in [-0.05, 0) is 60.1 Å². The van der Waals surface area contributed by atoms with E-state index in [9.17, 15) is 5.11 Å². The monoisotopic (exact) mass is 480 g/mol. The molecule has 4 heterocycles. The van der Waals surface area contributed by atoms with Gasteiger partial charge >= 0.3 is 0 Å². The summed E-state index contributed by atoms with van der Waals surface area (Å²) in [7, 11) is 1.66. The van der Waals surface area contributed by atoms with Crippen molar-refractivity contribution in [1.82, 2.24) is 9.88 Å². The molecular weight excluding hydrogens is 460 g/mol. The number of methoxy groups -OCH3 is 1. The smallest absolute Gasteiger partial charge is 0.119 e. The van der Waals surface area contributed by atoms with Gasteiger partial charge in [0.1, 0.15) is 5.75 Å². The van der Waals surface area contributed by atoms with Crippen LogP contribution in [0.5, 0.6) is 5.75 Å². The van der Waals surface area contributed by atoms with Gasteiger partial charge in [0.05, 0.1) is 18.7 Å². The molecular formula is C20H22Br2N2O2. The molecule has 1 aromatic heterocycles. The number of benzene rings is 1. The van der Waals surface area contributed by atoms with Crippen molar-refractivity contribution in [1.29, 1.82) is 0 Å². The van der Waals surface area contributed by atoms with Crippen LogP contribution in [0.2, 0.25) is 0 Å². The van der Waals surface area contributed by atoms with Crippen LogP contribution in [0.1, 0.15) is 24.5 Å². The second-order valence-corrected chi connectivity index (χ2v) is 8.55. The molecule has 2 aromatic rings. The van der Waals surface area contributed by atoms with Gasteiger partial charge in [-0.15, -0.1) is 0 Å². The van der Waals surface area contributed by atoms with Crippen molar-refractivity contribution in [2.75, 3.05) is 20.2 Å². The predicted octanol–water partition coefficient (Wildman–Crippen LogP) is 4.62. The number of piperidine rings is 3. The average Bonchev–Trinajstić information content (AvgIpc) is 2.71. The zero-order chi connectivity index (χ0) is 18.3. The number of aliphatic hydroxyl groups is 1. The number of fused-ring (bicyclic) bond motifs is 4. The molecule has 1 aromatic carbocycles. The molecule has 138 valence electrons. The highest BCUT2D eigenvalue weighted by Crippen LogP contribution is 2.45. The van der Waals surface area contributed by atoms with Crippen LogP contribution in [0.3, 0.4) is 0 Å². The molecule has 0 saturated carbocycles. The summed E-state index contributed by atoms with van der Waals surface area (Å²) >= 11 is 7.14. The summed E-state index contributed by atoms with van der Waals surface area (Å²) in [5.41, 5.74) is 1.83. The van der Waals surface area contributed by atoms with Crippen LogP contribution in [0.15, 0.2) is 39.9 Å². The summed E-state index contributed by atoms with van der Waals surface area (Å²) in [6.07, 6.45) is 3.46. The summed E-state index contributed by atoms with van der Waals surface area (Å²) in [5, 5.41) is 12.2. The topological polar surface area (TPSA) is 45.6 Å². The molecule has 4 unspecified atom stereocenters. The standard InChI is InChI=1S/C20H22Br2N2O2/c1-26-13-2-3-18-15(9-13)14(4-6-23-18)20(25)19-8-12-5-7-24(19)11-16(12)17(22)10-21/h2-4,6,9-10,12,16,19-20,25H,5,7-8,11H2,1H3/t12?,16?,19?,20-/m0/s1. The third-order valence-electron chi connectivity index (χ3n) is 5.92. The molecule has 5 atom stereocenters. The Morgan fingerprint density at radius 1 is 1.42 bits per heavy atom. The van der Waals surface area contributed by atoms with Crippen molar-refractivity contribution in [3.63, 3.8) is 0 Å². The van der Waals surface area contributed by atoms with Gasteiger partial charge in [-0.1, -0.05) is 31.9 Å². The zero-order valence-electron chi connectivity index (χ0n) is 14.6. The summed E-state index contributed by atoms with van der Waals surface area (Å²) in [4.78, 5) is 8.86. The van der Waals surface area contributed by atoms with Gasteiger partial charge in [-0.3, -0.25) is 9.88 Å². The highest BCUT2D eigenvalue weighted by molar-refractivity contribution is 9.14. The van der Waals surface area contributed by atoms with Gasteiger partial charge in [0.2, 0.25) is 0 Å². The molecule has 2 bridgehead atoms. The molecule has 0 amide bonds. The Balaban J connectivity index is 1.65. The van der Waals surface area contributed by atoms with Gasteiger partial charge in [-0.2, -0.15) is 0 Å². The molecule has 0 spiro atoms. The van der Waals surface area contributed by atoms with Crippen molar-refractivity contribution in [3.05, 3.63) is 45.5 Å². The van der Waals surface area contributed by atoms with Crippen LogP contribution in [0, 0.1) is 11.8 Å². The van der Waals surface area contributed by atoms with E-state index in [1.54, 1.807) is 13.3 Å². The molecule has 3 fully saturated rings. The summed E-state index contributed by atoms with van der Waals surface area (Å²) in [6.45, 7) is 2.04. The zero-order valence-corrected chi connectivity index (χ0v) is 17.8. The van der Waals surface area contributed by atoms with Crippen molar-refractivity contribution < 1.29 is 9.84 Å². The number of aromatic nitrogens is 1. The predicted molar refractivity (Wildman–Crippen MR) is 111 cm³/mol. The number of rotatable bonds is 4. The third kappa shape index (κ3) is 3.21. The van der Waals surface area contributed by atoms with E-state index in [4.69, 9.17) is 4.74 Å². The van der Waals surface area contributed by atoms with Gasteiger partial charge in [0.15, 0.2) is 0 Å². The molecule has 1 N–H and O–H groups in total. The van der Waals surface area contributed by atoms with Crippen LogP contribution >= 0.6 is 31.9 Å². The SMILES string of the molecule is COc1ccc2nccc([C@H](O)C3CC4CCN3CC4C(Br)=CBr)c2c1. The highest BCUT2D eigenvalue weighted by atomic mass is 79.9. The summed E-state index contributed by atoms with van der Waals surface area (Å²) < 4.78 is 6.59. The molecule has 0 radical (unpaired) electrons. The van der Waals surface area contributed by atoms with E-state index in [1.165, 1.54) is 10.9 Å². The Morgan fingerprint density at radius 2 is 2.27 bits per heavy atom. The maximum Gasteiger partial charge on any atom is 0.119 e. The van der Waals surface area contributed by atoms with Crippen LogP contribution in [-0.4, -0.2) is 41.2 Å². The van der Waals surface area contributed by atoms with Crippen molar-refractivity contribution in [3.8, 4) is 5.75 Å². The number of hydrogen-bond donors (Lipinski definition) is 1. The van der Waals surface area contributed by atoms with Crippen molar-refractivity contribution in [2.24, 2.45) is 11.8 Å². The Kier molecular flexibility index (Phi) is 5.37. The van der Waals surface area contributed by atoms with Crippen LogP contribution in [0.25, 0.3) is 10.9 Å². The Hall–Kier alpha value is -0.950. The Morgan fingerprint density at radius 3 is 2.96 bits per heavy atom. The quantitative estimate of drug-likeness (QED) is 0.692. The number of nitrogens with zero attached hydrogens (tertiary/aromatic N) is 2. The first-order valence-corrected chi connectivity index (χ1v) is 10.6. The fourth-order valence-corrected chi connectivity index (χ4v) is 5.39. The lowest BCUT2D eigenvalue weighted by Crippen LogP contribution is -2.55. The van der Waals surface area contributed by atoms with Gasteiger partial charge in [0.25, 0.3) is 0 Å². The Bertz CT molecular complexity index is 842. The first-order valence-electron chi connectivity index (χ1n) is 8.93. The second-order valence-electron chi connectivity index (χ2n) is 7.18. The van der Waals surface area contributed by atoms with Crippen molar-refractivity contribution in [2.45, 2.75) is 25.0 Å². The molecule has 6 heteroatoms. The minimum absolute atomic E-state index is 0.150. The maximum atomic E-state index is 11.3. The minimum Gasteiger partial charge on any atom is -0.497 e. The van der Waals surface area contributed by atoms with Crippen LogP contribution in [-0.2, 0) is 0 Å². The molecule has 3 saturated heterocycles. The normalized spacial score (nSPS) is 29.8. The fourth-order valence-electron chi connectivity index (χ4n) is 4.53. The maximum absolute atomic E-state index is 11.3. The van der Waals surface area contributed by atoms with Crippen LogP contribution in [0.4, 0.5) is 0 Å². The number of aliphatic hydroxyl groups excluding tert-OH is 1.